The molecule has 21 heavy (non-hydrogen) atoms. The van der Waals surface area contributed by atoms with E-state index in [0.29, 0.717) is 24.0 Å². The predicted molar refractivity (Wildman–Crippen MR) is 83.3 cm³/mol. The van der Waals surface area contributed by atoms with Crippen LogP contribution in [0.3, 0.4) is 0 Å². The van der Waals surface area contributed by atoms with Gasteiger partial charge in [-0.05, 0) is 37.9 Å². The molecule has 0 spiro atoms. The van der Waals surface area contributed by atoms with Gasteiger partial charge < -0.3 is 20.7 Å². The summed E-state index contributed by atoms with van der Waals surface area (Å²) in [7, 11) is 0. The van der Waals surface area contributed by atoms with Crippen LogP contribution in [0.25, 0.3) is 0 Å². The van der Waals surface area contributed by atoms with E-state index in [-0.39, 0.29) is 13.2 Å². The molecule has 1 aromatic rings. The molecule has 0 aliphatic carbocycles. The number of hydrogen-bond acceptors (Lipinski definition) is 5. The number of aliphatic hydroxyl groups excluding tert-OH is 2. The van der Waals surface area contributed by atoms with Gasteiger partial charge in [0.05, 0.1) is 5.69 Å². The molecule has 1 saturated heterocycles. The highest BCUT2D eigenvalue weighted by atomic mass is 16.5. The number of aliphatic hydroxyl groups is 2. The maximum atomic E-state index is 10.2. The van der Waals surface area contributed by atoms with Crippen molar-refractivity contribution >= 4 is 5.69 Å². The van der Waals surface area contributed by atoms with Crippen LogP contribution in [0, 0.1) is 0 Å². The lowest BCUT2D eigenvalue weighted by atomic mass is 9.99. The van der Waals surface area contributed by atoms with E-state index >= 15 is 0 Å². The Balaban J connectivity index is 1.80. The third-order valence-corrected chi connectivity index (χ3v) is 4.01. The molecule has 0 aromatic heterocycles. The molecule has 1 aliphatic heterocycles. The fourth-order valence-corrected chi connectivity index (χ4v) is 2.90. The fourth-order valence-electron chi connectivity index (χ4n) is 2.90. The van der Waals surface area contributed by atoms with E-state index in [1.165, 1.54) is 6.42 Å². The Morgan fingerprint density at radius 1 is 1.33 bits per heavy atom. The molecule has 0 bridgehead atoms. The molecule has 2 atom stereocenters. The van der Waals surface area contributed by atoms with Crippen molar-refractivity contribution in [2.45, 2.75) is 37.8 Å². The van der Waals surface area contributed by atoms with Crippen LogP contribution in [-0.4, -0.2) is 53.6 Å². The van der Waals surface area contributed by atoms with Gasteiger partial charge in [-0.3, -0.25) is 4.90 Å². The quantitative estimate of drug-likeness (QED) is 0.660. The van der Waals surface area contributed by atoms with Gasteiger partial charge in [-0.2, -0.15) is 0 Å². The van der Waals surface area contributed by atoms with Gasteiger partial charge in [-0.25, -0.2) is 0 Å². The number of para-hydroxylation sites is 2. The topological polar surface area (TPSA) is 79.0 Å². The Morgan fingerprint density at radius 2 is 2.14 bits per heavy atom. The van der Waals surface area contributed by atoms with E-state index in [1.807, 2.05) is 12.1 Å². The summed E-state index contributed by atoms with van der Waals surface area (Å²) < 4.78 is 5.58. The number of nitrogens with two attached hydrogens (primary N) is 1. The number of ether oxygens (including phenoxy) is 1. The monoisotopic (exact) mass is 294 g/mol. The molecule has 118 valence electrons. The number of rotatable bonds is 7. The summed E-state index contributed by atoms with van der Waals surface area (Å²) in [6.45, 7) is 2.00. The number of nitrogens with zero attached hydrogens (tertiary/aromatic N) is 1. The third-order valence-electron chi connectivity index (χ3n) is 4.01. The molecule has 0 amide bonds. The molecule has 2 rings (SSSR count). The normalized spacial score (nSPS) is 21.1. The summed E-state index contributed by atoms with van der Waals surface area (Å²) in [5.41, 5.74) is 6.39. The molecule has 1 aromatic carbocycles. The highest BCUT2D eigenvalue weighted by Crippen LogP contribution is 2.21. The summed E-state index contributed by atoms with van der Waals surface area (Å²) in [5, 5.41) is 19.3. The summed E-state index contributed by atoms with van der Waals surface area (Å²) >= 11 is 0. The lowest BCUT2D eigenvalue weighted by molar-refractivity contribution is 0.0333. The van der Waals surface area contributed by atoms with Crippen LogP contribution >= 0.6 is 0 Å². The summed E-state index contributed by atoms with van der Waals surface area (Å²) in [5.74, 6) is 0.613. The maximum absolute atomic E-state index is 10.2. The van der Waals surface area contributed by atoms with Gasteiger partial charge >= 0.3 is 0 Å². The summed E-state index contributed by atoms with van der Waals surface area (Å²) in [4.78, 5) is 2.27. The third kappa shape index (κ3) is 4.88. The number of anilines is 1. The minimum Gasteiger partial charge on any atom is -0.489 e. The van der Waals surface area contributed by atoms with Crippen molar-refractivity contribution in [1.82, 2.24) is 4.90 Å². The average Bonchev–Trinajstić information content (AvgIpc) is 2.49. The molecule has 5 nitrogen and oxygen atoms in total. The number of piperidine rings is 1. The maximum Gasteiger partial charge on any atom is 0.142 e. The van der Waals surface area contributed by atoms with Gasteiger partial charge in [0.15, 0.2) is 0 Å². The first-order valence-electron chi connectivity index (χ1n) is 7.71. The fraction of sp³-hybridized carbons (Fsp3) is 0.625. The Morgan fingerprint density at radius 3 is 2.90 bits per heavy atom. The van der Waals surface area contributed by atoms with Crippen LogP contribution in [0.1, 0.15) is 25.7 Å². The van der Waals surface area contributed by atoms with E-state index < -0.39 is 6.10 Å². The molecule has 5 heteroatoms. The second-order valence-electron chi connectivity index (χ2n) is 5.66. The van der Waals surface area contributed by atoms with Crippen molar-refractivity contribution in [1.29, 1.82) is 0 Å². The van der Waals surface area contributed by atoms with Gasteiger partial charge in [0.2, 0.25) is 0 Å². The second kappa shape index (κ2) is 8.22. The summed E-state index contributed by atoms with van der Waals surface area (Å²) in [6, 6.07) is 7.67. The molecule has 0 radical (unpaired) electrons. The standard InChI is InChI=1S/C16H26N2O3/c17-15-6-1-2-7-16(15)21-12-14(20)11-18-9-4-3-5-13(18)8-10-19/h1-2,6-7,13-14,19-20H,3-5,8-12,17H2. The highest BCUT2D eigenvalue weighted by Gasteiger charge is 2.24. The van der Waals surface area contributed by atoms with Crippen molar-refractivity contribution in [2.24, 2.45) is 0 Å². The van der Waals surface area contributed by atoms with E-state index in [0.717, 1.165) is 25.8 Å². The van der Waals surface area contributed by atoms with Crippen LogP contribution in [0.15, 0.2) is 24.3 Å². The van der Waals surface area contributed by atoms with Gasteiger partial charge in [0, 0.05) is 19.2 Å². The van der Waals surface area contributed by atoms with Gasteiger partial charge in [0.25, 0.3) is 0 Å². The molecule has 2 unspecified atom stereocenters. The zero-order valence-electron chi connectivity index (χ0n) is 12.4. The lowest BCUT2D eigenvalue weighted by Crippen LogP contribution is -2.45. The van der Waals surface area contributed by atoms with Crippen molar-refractivity contribution in [3.8, 4) is 5.75 Å². The Labute approximate surface area is 126 Å². The molecule has 1 fully saturated rings. The van der Waals surface area contributed by atoms with E-state index in [4.69, 9.17) is 15.6 Å². The van der Waals surface area contributed by atoms with Crippen molar-refractivity contribution in [3.05, 3.63) is 24.3 Å². The highest BCUT2D eigenvalue weighted by molar-refractivity contribution is 5.51. The van der Waals surface area contributed by atoms with Gasteiger partial charge in [0.1, 0.15) is 18.5 Å². The minimum absolute atomic E-state index is 0.203. The largest absolute Gasteiger partial charge is 0.489 e. The van der Waals surface area contributed by atoms with E-state index in [2.05, 4.69) is 4.90 Å². The zero-order chi connectivity index (χ0) is 15.1. The number of hydrogen-bond donors (Lipinski definition) is 3. The SMILES string of the molecule is Nc1ccccc1OCC(O)CN1CCCCC1CCO. The lowest BCUT2D eigenvalue weighted by Gasteiger charge is -2.36. The molecule has 0 saturated carbocycles. The molecule has 4 N–H and O–H groups in total. The first kappa shape index (κ1) is 16.1. The summed E-state index contributed by atoms with van der Waals surface area (Å²) in [6.07, 6.45) is 3.68. The van der Waals surface area contributed by atoms with Crippen molar-refractivity contribution in [2.75, 3.05) is 32.0 Å². The van der Waals surface area contributed by atoms with E-state index in [1.54, 1.807) is 12.1 Å². The molecule has 1 heterocycles. The Bertz CT molecular complexity index is 426. The van der Waals surface area contributed by atoms with Crippen LogP contribution in [0.5, 0.6) is 5.75 Å². The first-order chi connectivity index (χ1) is 10.2. The number of likely N-dealkylation sites (tertiary alicyclic amines) is 1. The minimum atomic E-state index is -0.552. The van der Waals surface area contributed by atoms with Crippen LogP contribution in [0.4, 0.5) is 5.69 Å². The molecular weight excluding hydrogens is 268 g/mol. The molecule has 1 aliphatic rings. The first-order valence-corrected chi connectivity index (χ1v) is 7.71. The van der Waals surface area contributed by atoms with Crippen LogP contribution in [-0.2, 0) is 0 Å². The van der Waals surface area contributed by atoms with Crippen LogP contribution < -0.4 is 10.5 Å². The Hall–Kier alpha value is -1.30. The van der Waals surface area contributed by atoms with Crippen molar-refractivity contribution in [3.63, 3.8) is 0 Å². The second-order valence-corrected chi connectivity index (χ2v) is 5.66. The number of β-amino-alcohol motifs (C(OH)–C–C–N with tert-alkyl or cyclic N) is 1. The Kier molecular flexibility index (Phi) is 6.29. The number of benzene rings is 1. The molecular formula is C16H26N2O3. The average molecular weight is 294 g/mol. The zero-order valence-corrected chi connectivity index (χ0v) is 12.4. The smallest absolute Gasteiger partial charge is 0.142 e. The predicted octanol–water partition coefficient (Wildman–Crippen LogP) is 1.25. The van der Waals surface area contributed by atoms with E-state index in [9.17, 15) is 5.11 Å². The van der Waals surface area contributed by atoms with Crippen LogP contribution in [0.2, 0.25) is 0 Å². The number of nitrogen functional groups attached to an aromatic ring is 1. The van der Waals surface area contributed by atoms with Crippen molar-refractivity contribution < 1.29 is 14.9 Å². The van der Waals surface area contributed by atoms with Gasteiger partial charge in [-0.1, -0.05) is 18.6 Å². The van der Waals surface area contributed by atoms with Gasteiger partial charge in [-0.15, -0.1) is 0 Å².